The Morgan fingerprint density at radius 3 is 2.70 bits per heavy atom. The second-order valence-electron chi connectivity index (χ2n) is 7.51. The minimum absolute atomic E-state index is 0.254. The zero-order valence-corrected chi connectivity index (χ0v) is 17.5. The van der Waals surface area contributed by atoms with Gasteiger partial charge in [-0.2, -0.15) is 5.10 Å². The lowest BCUT2D eigenvalue weighted by atomic mass is 10.1. The molecule has 2 amide bonds. The topological polar surface area (TPSA) is 76.5 Å². The fourth-order valence-electron chi connectivity index (χ4n) is 3.02. The zero-order chi connectivity index (χ0) is 19.8. The number of benzene rings is 1. The van der Waals surface area contributed by atoms with Crippen LogP contribution in [0.1, 0.15) is 42.5 Å². The lowest BCUT2D eigenvalue weighted by molar-refractivity contribution is 0.0222. The van der Waals surface area contributed by atoms with Crippen molar-refractivity contribution in [3.63, 3.8) is 0 Å². The van der Waals surface area contributed by atoms with Gasteiger partial charge in [-0.3, -0.25) is 9.48 Å². The van der Waals surface area contributed by atoms with E-state index in [4.69, 9.17) is 4.74 Å². The molecule has 7 nitrogen and oxygen atoms in total. The van der Waals surface area contributed by atoms with Gasteiger partial charge in [-0.15, -0.1) is 0 Å². The van der Waals surface area contributed by atoms with Crippen molar-refractivity contribution < 1.29 is 14.3 Å². The summed E-state index contributed by atoms with van der Waals surface area (Å²) in [6, 6.07) is 7.38. The van der Waals surface area contributed by atoms with E-state index >= 15 is 0 Å². The first-order chi connectivity index (χ1) is 12.6. The van der Waals surface area contributed by atoms with Gasteiger partial charge in [-0.25, -0.2) is 4.79 Å². The average molecular weight is 435 g/mol. The first kappa shape index (κ1) is 19.4. The molecule has 0 radical (unpaired) electrons. The van der Waals surface area contributed by atoms with Crippen LogP contribution in [-0.2, 0) is 24.8 Å². The predicted octanol–water partition coefficient (Wildman–Crippen LogP) is 3.73. The summed E-state index contributed by atoms with van der Waals surface area (Å²) in [5, 5.41) is 7.36. The number of amides is 2. The molecule has 0 saturated heterocycles. The monoisotopic (exact) mass is 434 g/mol. The highest BCUT2D eigenvalue weighted by Crippen LogP contribution is 2.25. The van der Waals surface area contributed by atoms with Gasteiger partial charge in [0, 0.05) is 35.7 Å². The Hall–Kier alpha value is -2.35. The first-order valence-electron chi connectivity index (χ1n) is 8.73. The van der Waals surface area contributed by atoms with E-state index in [0.717, 1.165) is 15.7 Å². The Kier molecular flexibility index (Phi) is 5.28. The van der Waals surface area contributed by atoms with E-state index in [2.05, 4.69) is 26.3 Å². The molecule has 0 fully saturated rings. The van der Waals surface area contributed by atoms with Gasteiger partial charge in [0.15, 0.2) is 0 Å². The number of nitrogens with zero attached hydrogens (tertiary/aromatic N) is 3. The van der Waals surface area contributed by atoms with Gasteiger partial charge in [0.2, 0.25) is 0 Å². The first-order valence-corrected chi connectivity index (χ1v) is 9.53. The predicted molar refractivity (Wildman–Crippen MR) is 106 cm³/mol. The highest BCUT2D eigenvalue weighted by Gasteiger charge is 2.31. The quantitative estimate of drug-likeness (QED) is 0.780. The third-order valence-electron chi connectivity index (χ3n) is 4.15. The molecule has 1 aromatic heterocycles. The molecule has 2 heterocycles. The maximum atomic E-state index is 12.9. The van der Waals surface area contributed by atoms with Crippen LogP contribution in [0.4, 0.5) is 10.5 Å². The van der Waals surface area contributed by atoms with Crippen molar-refractivity contribution in [2.75, 3.05) is 11.9 Å². The van der Waals surface area contributed by atoms with Crippen LogP contribution in [0, 0.1) is 0 Å². The van der Waals surface area contributed by atoms with E-state index in [1.54, 1.807) is 16.6 Å². The summed E-state index contributed by atoms with van der Waals surface area (Å²) in [6.07, 6.45) is 0.211. The molecule has 0 saturated carbocycles. The molecule has 2 aromatic rings. The molecule has 144 valence electrons. The van der Waals surface area contributed by atoms with Crippen LogP contribution >= 0.6 is 15.9 Å². The lowest BCUT2D eigenvalue weighted by Gasteiger charge is -2.29. The second-order valence-corrected chi connectivity index (χ2v) is 8.43. The fraction of sp³-hybridized carbons (Fsp3) is 0.421. The Morgan fingerprint density at radius 2 is 2.04 bits per heavy atom. The van der Waals surface area contributed by atoms with Crippen LogP contribution in [0.25, 0.3) is 0 Å². The van der Waals surface area contributed by atoms with E-state index in [-0.39, 0.29) is 12.0 Å². The van der Waals surface area contributed by atoms with Crippen molar-refractivity contribution in [2.24, 2.45) is 7.05 Å². The van der Waals surface area contributed by atoms with Gasteiger partial charge in [0.05, 0.1) is 12.2 Å². The molecule has 0 unspecified atom stereocenters. The van der Waals surface area contributed by atoms with E-state index in [9.17, 15) is 9.59 Å². The maximum absolute atomic E-state index is 12.9. The number of carbonyl (C=O) groups is 2. The van der Waals surface area contributed by atoms with E-state index in [0.29, 0.717) is 30.9 Å². The molecule has 1 aromatic carbocycles. The number of ether oxygens (including phenoxy) is 1. The standard InChI is InChI=1S/C19H23BrN4O3/c1-19(2,3)27-18(26)24-9-8-15-14(11-24)16(23(4)22-15)17(25)21-13-7-5-6-12(20)10-13/h5-7,10H,8-9,11H2,1-4H3,(H,21,25). The van der Waals surface area contributed by atoms with Crippen LogP contribution in [-0.4, -0.2) is 38.8 Å². The molecule has 1 N–H and O–H groups in total. The van der Waals surface area contributed by atoms with Gasteiger partial charge >= 0.3 is 6.09 Å². The molecule has 8 heteroatoms. The lowest BCUT2D eigenvalue weighted by Crippen LogP contribution is -2.40. The maximum Gasteiger partial charge on any atom is 0.410 e. The number of anilines is 1. The van der Waals surface area contributed by atoms with Crippen LogP contribution in [0.5, 0.6) is 0 Å². The molecule has 0 bridgehead atoms. The summed E-state index contributed by atoms with van der Waals surface area (Å²) >= 11 is 3.40. The molecule has 0 aliphatic carbocycles. The Labute approximate surface area is 166 Å². The van der Waals surface area contributed by atoms with Gasteiger partial charge in [-0.1, -0.05) is 22.0 Å². The van der Waals surface area contributed by atoms with E-state index in [1.807, 2.05) is 45.0 Å². The molecule has 27 heavy (non-hydrogen) atoms. The summed E-state index contributed by atoms with van der Waals surface area (Å²) < 4.78 is 7.92. The number of rotatable bonds is 2. The number of carbonyl (C=O) groups excluding carboxylic acids is 2. The second kappa shape index (κ2) is 7.34. The van der Waals surface area contributed by atoms with Crippen LogP contribution in [0.3, 0.4) is 0 Å². The highest BCUT2D eigenvalue weighted by atomic mass is 79.9. The zero-order valence-electron chi connectivity index (χ0n) is 15.9. The SMILES string of the molecule is Cn1nc2c(c1C(=O)Nc1cccc(Br)c1)CN(C(=O)OC(C)(C)C)CC2. The summed E-state index contributed by atoms with van der Waals surface area (Å²) in [5.41, 5.74) is 2.19. The number of nitrogens with one attached hydrogen (secondary N) is 1. The molecule has 3 rings (SSSR count). The number of aromatic nitrogens is 2. The van der Waals surface area contributed by atoms with Crippen molar-refractivity contribution >= 4 is 33.6 Å². The van der Waals surface area contributed by atoms with Gasteiger partial charge < -0.3 is 15.0 Å². The highest BCUT2D eigenvalue weighted by molar-refractivity contribution is 9.10. The molecule has 1 aliphatic heterocycles. The van der Waals surface area contributed by atoms with Crippen molar-refractivity contribution in [3.8, 4) is 0 Å². The Balaban J connectivity index is 1.82. The van der Waals surface area contributed by atoms with Gasteiger partial charge in [-0.05, 0) is 39.0 Å². The largest absolute Gasteiger partial charge is 0.444 e. The van der Waals surface area contributed by atoms with E-state index in [1.165, 1.54) is 0 Å². The van der Waals surface area contributed by atoms with Crippen LogP contribution in [0.2, 0.25) is 0 Å². The van der Waals surface area contributed by atoms with Gasteiger partial charge in [0.1, 0.15) is 11.3 Å². The van der Waals surface area contributed by atoms with Crippen LogP contribution < -0.4 is 5.32 Å². The Bertz CT molecular complexity index is 886. The fourth-order valence-corrected chi connectivity index (χ4v) is 3.42. The number of aryl methyl sites for hydroxylation is 1. The van der Waals surface area contributed by atoms with Crippen LogP contribution in [0.15, 0.2) is 28.7 Å². The summed E-state index contributed by atoms with van der Waals surface area (Å²) in [7, 11) is 1.74. The third kappa shape index (κ3) is 4.50. The van der Waals surface area contributed by atoms with Gasteiger partial charge in [0.25, 0.3) is 5.91 Å². The van der Waals surface area contributed by atoms with Crippen molar-refractivity contribution in [1.82, 2.24) is 14.7 Å². The number of hydrogen-bond donors (Lipinski definition) is 1. The summed E-state index contributed by atoms with van der Waals surface area (Å²) in [6.45, 7) is 6.33. The smallest absolute Gasteiger partial charge is 0.410 e. The normalized spacial score (nSPS) is 13.9. The minimum Gasteiger partial charge on any atom is -0.444 e. The number of fused-ring (bicyclic) bond motifs is 1. The van der Waals surface area contributed by atoms with Crippen molar-refractivity contribution in [3.05, 3.63) is 45.7 Å². The summed E-state index contributed by atoms with van der Waals surface area (Å²) in [4.78, 5) is 26.9. The van der Waals surface area contributed by atoms with E-state index < -0.39 is 5.60 Å². The number of hydrogen-bond acceptors (Lipinski definition) is 4. The van der Waals surface area contributed by atoms with Crippen molar-refractivity contribution in [1.29, 1.82) is 0 Å². The Morgan fingerprint density at radius 1 is 1.30 bits per heavy atom. The third-order valence-corrected chi connectivity index (χ3v) is 4.64. The molecule has 0 spiro atoms. The average Bonchev–Trinajstić information content (AvgIpc) is 2.88. The van der Waals surface area contributed by atoms with Crippen molar-refractivity contribution in [2.45, 2.75) is 39.3 Å². The molecule has 1 aliphatic rings. The molecular weight excluding hydrogens is 412 g/mol. The number of halogens is 1. The molecule has 0 atom stereocenters. The minimum atomic E-state index is -0.562. The summed E-state index contributed by atoms with van der Waals surface area (Å²) in [5.74, 6) is -0.254. The molecular formula is C19H23BrN4O3.